The second kappa shape index (κ2) is 4.30. The summed E-state index contributed by atoms with van der Waals surface area (Å²) in [5.74, 6) is 0. The van der Waals surface area contributed by atoms with Gasteiger partial charge in [0.2, 0.25) is 0 Å². The summed E-state index contributed by atoms with van der Waals surface area (Å²) >= 11 is 0. The molecule has 3 N–H and O–H groups in total. The zero-order valence-electron chi connectivity index (χ0n) is 10.3. The molecule has 0 aliphatic rings. The summed E-state index contributed by atoms with van der Waals surface area (Å²) in [6, 6.07) is 6.86. The molecule has 2 rings (SSSR count). The molecule has 0 aliphatic heterocycles. The van der Waals surface area contributed by atoms with Crippen LogP contribution >= 0.6 is 0 Å². The van der Waals surface area contributed by atoms with Crippen molar-refractivity contribution in [3.05, 3.63) is 35.0 Å². The van der Waals surface area contributed by atoms with Crippen LogP contribution in [0.3, 0.4) is 0 Å². The molecule has 16 heavy (non-hydrogen) atoms. The van der Waals surface area contributed by atoms with Crippen LogP contribution < -0.4 is 5.73 Å². The molecule has 0 aliphatic carbocycles. The summed E-state index contributed by atoms with van der Waals surface area (Å²) in [4.78, 5) is 3.43. The van der Waals surface area contributed by atoms with E-state index in [9.17, 15) is 0 Å². The number of hydrogen-bond donors (Lipinski definition) is 2. The van der Waals surface area contributed by atoms with Crippen molar-refractivity contribution in [3.63, 3.8) is 0 Å². The molecule has 86 valence electrons. The number of nitrogens with one attached hydrogen (secondary N) is 1. The highest BCUT2D eigenvalue weighted by atomic mass is 14.7. The molecule has 2 aromatic rings. The van der Waals surface area contributed by atoms with Crippen molar-refractivity contribution < 1.29 is 0 Å². The summed E-state index contributed by atoms with van der Waals surface area (Å²) in [6.07, 6.45) is 2.02. The van der Waals surface area contributed by atoms with Gasteiger partial charge in [-0.3, -0.25) is 0 Å². The number of rotatable bonds is 3. The van der Waals surface area contributed by atoms with Crippen molar-refractivity contribution in [2.45, 2.75) is 39.7 Å². The van der Waals surface area contributed by atoms with Crippen LogP contribution in [0.15, 0.2) is 18.2 Å². The highest BCUT2D eigenvalue weighted by Gasteiger charge is 2.10. The molecule has 0 radical (unpaired) electrons. The Labute approximate surface area is 96.9 Å². The Morgan fingerprint density at radius 1 is 1.38 bits per heavy atom. The number of nitrogens with two attached hydrogens (primary N) is 1. The van der Waals surface area contributed by atoms with Crippen LogP contribution in [0.4, 0.5) is 0 Å². The van der Waals surface area contributed by atoms with Gasteiger partial charge in [0.15, 0.2) is 0 Å². The number of H-pyrrole nitrogens is 1. The number of hydrogen-bond acceptors (Lipinski definition) is 1. The normalized spacial score (nSPS) is 13.2. The highest BCUT2D eigenvalue weighted by molar-refractivity contribution is 5.85. The minimum Gasteiger partial charge on any atom is -0.358 e. The van der Waals surface area contributed by atoms with E-state index in [0.29, 0.717) is 0 Å². The SMILES string of the molecule is CCc1ccc2[nH]c(C)c(CC(C)N)c2c1. The molecule has 0 saturated heterocycles. The van der Waals surface area contributed by atoms with Crippen molar-refractivity contribution in [2.75, 3.05) is 0 Å². The Hall–Kier alpha value is -1.28. The van der Waals surface area contributed by atoms with Gasteiger partial charge in [0.1, 0.15) is 0 Å². The first-order valence-electron chi connectivity index (χ1n) is 5.97. The maximum Gasteiger partial charge on any atom is 0.0459 e. The lowest BCUT2D eigenvalue weighted by atomic mass is 10.0. The third-order valence-corrected chi connectivity index (χ3v) is 3.12. The first-order valence-corrected chi connectivity index (χ1v) is 5.97. The van der Waals surface area contributed by atoms with Crippen LogP contribution in [0.5, 0.6) is 0 Å². The largest absolute Gasteiger partial charge is 0.358 e. The van der Waals surface area contributed by atoms with Crippen molar-refractivity contribution in [3.8, 4) is 0 Å². The van der Waals surface area contributed by atoms with E-state index in [1.54, 1.807) is 0 Å². The average Bonchev–Trinajstić information content (AvgIpc) is 2.54. The molecule has 2 nitrogen and oxygen atoms in total. The van der Waals surface area contributed by atoms with Gasteiger partial charge < -0.3 is 10.7 Å². The van der Waals surface area contributed by atoms with E-state index in [2.05, 4.69) is 44.0 Å². The predicted octanol–water partition coefficient (Wildman–Crippen LogP) is 2.93. The van der Waals surface area contributed by atoms with E-state index in [1.165, 1.54) is 27.7 Å². The summed E-state index contributed by atoms with van der Waals surface area (Å²) in [6.45, 7) is 6.37. The first kappa shape index (κ1) is 11.2. The molecule has 1 aromatic heterocycles. The Morgan fingerprint density at radius 3 is 2.75 bits per heavy atom. The summed E-state index contributed by atoms with van der Waals surface area (Å²) in [5.41, 5.74) is 11.1. The smallest absolute Gasteiger partial charge is 0.0459 e. The minimum absolute atomic E-state index is 0.211. The van der Waals surface area contributed by atoms with Gasteiger partial charge >= 0.3 is 0 Å². The summed E-state index contributed by atoms with van der Waals surface area (Å²) in [5, 5.41) is 1.34. The molecule has 1 aromatic carbocycles. The molecule has 1 atom stereocenters. The van der Waals surface area contributed by atoms with Gasteiger partial charge in [-0.25, -0.2) is 0 Å². The van der Waals surface area contributed by atoms with E-state index < -0.39 is 0 Å². The Morgan fingerprint density at radius 2 is 2.12 bits per heavy atom. The molecular formula is C14H20N2. The number of fused-ring (bicyclic) bond motifs is 1. The third kappa shape index (κ3) is 1.98. The monoisotopic (exact) mass is 216 g/mol. The number of aryl methyl sites for hydroxylation is 2. The zero-order chi connectivity index (χ0) is 11.7. The number of benzene rings is 1. The molecule has 0 saturated carbocycles. The van der Waals surface area contributed by atoms with Gasteiger partial charge in [-0.2, -0.15) is 0 Å². The van der Waals surface area contributed by atoms with E-state index in [0.717, 1.165) is 12.8 Å². The molecular weight excluding hydrogens is 196 g/mol. The second-order valence-electron chi connectivity index (χ2n) is 4.64. The molecule has 2 heteroatoms. The average molecular weight is 216 g/mol. The lowest BCUT2D eigenvalue weighted by Crippen LogP contribution is -2.18. The van der Waals surface area contributed by atoms with Crippen LogP contribution in [-0.2, 0) is 12.8 Å². The molecule has 0 fully saturated rings. The van der Waals surface area contributed by atoms with Gasteiger partial charge in [-0.1, -0.05) is 13.0 Å². The maximum atomic E-state index is 5.90. The fraction of sp³-hybridized carbons (Fsp3) is 0.429. The maximum absolute atomic E-state index is 5.90. The van der Waals surface area contributed by atoms with Crippen molar-refractivity contribution in [1.29, 1.82) is 0 Å². The second-order valence-corrected chi connectivity index (χ2v) is 4.64. The molecule has 0 bridgehead atoms. The van der Waals surface area contributed by atoms with Gasteiger partial charge in [-0.15, -0.1) is 0 Å². The van der Waals surface area contributed by atoms with Gasteiger partial charge in [-0.05, 0) is 49.9 Å². The third-order valence-electron chi connectivity index (χ3n) is 3.12. The summed E-state index contributed by atoms with van der Waals surface area (Å²) in [7, 11) is 0. The molecule has 0 spiro atoms. The highest BCUT2D eigenvalue weighted by Crippen LogP contribution is 2.24. The van der Waals surface area contributed by atoms with Crippen molar-refractivity contribution in [2.24, 2.45) is 5.73 Å². The number of aromatic amines is 1. The van der Waals surface area contributed by atoms with Gasteiger partial charge in [0, 0.05) is 22.6 Å². The minimum atomic E-state index is 0.211. The van der Waals surface area contributed by atoms with Crippen LogP contribution in [0.2, 0.25) is 0 Å². The standard InChI is InChI=1S/C14H20N2/c1-4-11-5-6-14-13(8-11)12(7-9(2)15)10(3)16-14/h5-6,8-9,16H,4,7,15H2,1-3H3. The zero-order valence-corrected chi connectivity index (χ0v) is 10.3. The molecule has 1 unspecified atom stereocenters. The van der Waals surface area contributed by atoms with E-state index >= 15 is 0 Å². The topological polar surface area (TPSA) is 41.8 Å². The van der Waals surface area contributed by atoms with Gasteiger partial charge in [0.25, 0.3) is 0 Å². The quantitative estimate of drug-likeness (QED) is 0.813. The van der Waals surface area contributed by atoms with Crippen LogP contribution in [0, 0.1) is 6.92 Å². The van der Waals surface area contributed by atoms with Gasteiger partial charge in [0.05, 0.1) is 0 Å². The first-order chi connectivity index (χ1) is 7.61. The Bertz CT molecular complexity index is 495. The van der Waals surface area contributed by atoms with Crippen LogP contribution in [0.25, 0.3) is 10.9 Å². The molecule has 0 amide bonds. The predicted molar refractivity (Wildman–Crippen MR) is 69.8 cm³/mol. The van der Waals surface area contributed by atoms with Crippen molar-refractivity contribution >= 4 is 10.9 Å². The Balaban J connectivity index is 2.56. The lowest BCUT2D eigenvalue weighted by molar-refractivity contribution is 0.738. The molecule has 1 heterocycles. The van der Waals surface area contributed by atoms with Crippen LogP contribution in [0.1, 0.15) is 30.7 Å². The fourth-order valence-electron chi connectivity index (χ4n) is 2.23. The van der Waals surface area contributed by atoms with E-state index in [4.69, 9.17) is 5.73 Å². The van der Waals surface area contributed by atoms with Crippen LogP contribution in [-0.4, -0.2) is 11.0 Å². The van der Waals surface area contributed by atoms with E-state index in [1.807, 2.05) is 0 Å². The lowest BCUT2D eigenvalue weighted by Gasteiger charge is -2.05. The fourth-order valence-corrected chi connectivity index (χ4v) is 2.23. The van der Waals surface area contributed by atoms with E-state index in [-0.39, 0.29) is 6.04 Å². The number of aromatic nitrogens is 1. The van der Waals surface area contributed by atoms with Crippen molar-refractivity contribution in [1.82, 2.24) is 4.98 Å². The Kier molecular flexibility index (Phi) is 3.01. The summed E-state index contributed by atoms with van der Waals surface area (Å²) < 4.78 is 0.